The minimum Gasteiger partial charge on any atom is -0.493 e. The zero-order chi connectivity index (χ0) is 13.5. The summed E-state index contributed by atoms with van der Waals surface area (Å²) in [6.45, 7) is 3.32. The molecule has 0 radical (unpaired) electrons. The van der Waals surface area contributed by atoms with Crippen molar-refractivity contribution in [1.82, 2.24) is 4.90 Å². The highest BCUT2D eigenvalue weighted by Crippen LogP contribution is 2.25. The molecule has 0 aromatic heterocycles. The summed E-state index contributed by atoms with van der Waals surface area (Å²) in [5.74, 6) is 0.0192. The number of rotatable bonds is 6. The Morgan fingerprint density at radius 1 is 1.39 bits per heavy atom. The average Bonchev–Trinajstić information content (AvgIpc) is 2.28. The van der Waals surface area contributed by atoms with Crippen LogP contribution in [0.5, 0.6) is 5.75 Å². The van der Waals surface area contributed by atoms with E-state index in [1.165, 1.54) is 0 Å². The summed E-state index contributed by atoms with van der Waals surface area (Å²) in [6.07, 6.45) is 0. The first-order valence-corrected chi connectivity index (χ1v) is 5.89. The van der Waals surface area contributed by atoms with Gasteiger partial charge in [-0.1, -0.05) is 6.07 Å². The van der Waals surface area contributed by atoms with Crippen LogP contribution < -0.4 is 10.5 Å². The summed E-state index contributed by atoms with van der Waals surface area (Å²) < 4.78 is 10.5. The Balaban J connectivity index is 2.77. The molecule has 0 bridgehead atoms. The first-order chi connectivity index (χ1) is 8.56. The third-order valence-corrected chi connectivity index (χ3v) is 2.33. The number of ether oxygens (including phenoxy) is 2. The van der Waals surface area contributed by atoms with Crippen molar-refractivity contribution in [2.24, 2.45) is 0 Å². The van der Waals surface area contributed by atoms with Crippen LogP contribution in [0.25, 0.3) is 0 Å². The minimum absolute atomic E-state index is 0.304. The molecule has 0 aliphatic carbocycles. The van der Waals surface area contributed by atoms with Gasteiger partial charge in [-0.15, -0.1) is 0 Å². The number of nitrogen functional groups attached to an aromatic ring is 1. The van der Waals surface area contributed by atoms with Crippen molar-refractivity contribution < 1.29 is 14.3 Å². The Morgan fingerprint density at radius 3 is 2.72 bits per heavy atom. The van der Waals surface area contributed by atoms with Gasteiger partial charge in [0.05, 0.1) is 6.61 Å². The predicted octanol–water partition coefficient (Wildman–Crippen LogP) is 1.39. The molecule has 0 fully saturated rings. The SMILES string of the molecule is CCOc1cccc(N)c1C(=O)OCCN(C)C. The van der Waals surface area contributed by atoms with Crippen LogP contribution in [-0.2, 0) is 4.74 Å². The number of likely N-dealkylation sites (N-methyl/N-ethyl adjacent to an activating group) is 1. The van der Waals surface area contributed by atoms with Crippen LogP contribution in [0.3, 0.4) is 0 Å². The Morgan fingerprint density at radius 2 is 2.11 bits per heavy atom. The van der Waals surface area contributed by atoms with Crippen molar-refractivity contribution in [3.63, 3.8) is 0 Å². The van der Waals surface area contributed by atoms with E-state index < -0.39 is 5.97 Å². The zero-order valence-corrected chi connectivity index (χ0v) is 11.1. The number of esters is 1. The van der Waals surface area contributed by atoms with Gasteiger partial charge in [-0.2, -0.15) is 0 Å². The Labute approximate surface area is 107 Å². The van der Waals surface area contributed by atoms with Crippen LogP contribution in [0.2, 0.25) is 0 Å². The second kappa shape index (κ2) is 6.86. The zero-order valence-electron chi connectivity index (χ0n) is 11.1. The molecule has 0 spiro atoms. The lowest BCUT2D eigenvalue weighted by atomic mass is 10.1. The quantitative estimate of drug-likeness (QED) is 0.612. The molecule has 5 heteroatoms. The molecule has 5 nitrogen and oxygen atoms in total. The summed E-state index contributed by atoms with van der Waals surface area (Å²) in [4.78, 5) is 13.9. The first-order valence-electron chi connectivity index (χ1n) is 5.89. The second-order valence-electron chi connectivity index (χ2n) is 4.09. The van der Waals surface area contributed by atoms with Gasteiger partial charge in [-0.05, 0) is 33.2 Å². The van der Waals surface area contributed by atoms with Crippen molar-refractivity contribution in [2.75, 3.05) is 39.6 Å². The van der Waals surface area contributed by atoms with E-state index in [9.17, 15) is 4.79 Å². The van der Waals surface area contributed by atoms with E-state index >= 15 is 0 Å². The van der Waals surface area contributed by atoms with E-state index in [0.717, 1.165) is 0 Å². The topological polar surface area (TPSA) is 64.8 Å². The maximum Gasteiger partial charge on any atom is 0.344 e. The summed E-state index contributed by atoms with van der Waals surface area (Å²) in [7, 11) is 3.83. The van der Waals surface area contributed by atoms with Crippen molar-refractivity contribution in [3.05, 3.63) is 23.8 Å². The van der Waals surface area contributed by atoms with Crippen LogP contribution in [0.15, 0.2) is 18.2 Å². The normalized spacial score (nSPS) is 10.4. The van der Waals surface area contributed by atoms with E-state index in [4.69, 9.17) is 15.2 Å². The smallest absolute Gasteiger partial charge is 0.344 e. The highest BCUT2D eigenvalue weighted by atomic mass is 16.5. The molecule has 0 amide bonds. The van der Waals surface area contributed by atoms with Crippen LogP contribution in [-0.4, -0.2) is 44.7 Å². The van der Waals surface area contributed by atoms with E-state index in [1.807, 2.05) is 25.9 Å². The Hall–Kier alpha value is -1.75. The minimum atomic E-state index is -0.446. The maximum absolute atomic E-state index is 11.9. The van der Waals surface area contributed by atoms with Gasteiger partial charge >= 0.3 is 5.97 Å². The maximum atomic E-state index is 11.9. The lowest BCUT2D eigenvalue weighted by Gasteiger charge is -2.13. The fourth-order valence-electron chi connectivity index (χ4n) is 1.44. The lowest BCUT2D eigenvalue weighted by molar-refractivity contribution is 0.0479. The Kier molecular flexibility index (Phi) is 5.45. The summed E-state index contributed by atoms with van der Waals surface area (Å²) in [5, 5.41) is 0. The van der Waals surface area contributed by atoms with E-state index in [-0.39, 0.29) is 0 Å². The van der Waals surface area contributed by atoms with Crippen LogP contribution in [0, 0.1) is 0 Å². The van der Waals surface area contributed by atoms with Gasteiger partial charge < -0.3 is 20.1 Å². The summed E-state index contributed by atoms with van der Waals surface area (Å²) >= 11 is 0. The number of hydrogen-bond donors (Lipinski definition) is 1. The number of carbonyl (C=O) groups is 1. The summed E-state index contributed by atoms with van der Waals surface area (Å²) in [5.41, 5.74) is 6.47. The largest absolute Gasteiger partial charge is 0.493 e. The number of hydrogen-bond acceptors (Lipinski definition) is 5. The number of nitrogens with two attached hydrogens (primary N) is 1. The fraction of sp³-hybridized carbons (Fsp3) is 0.462. The van der Waals surface area contributed by atoms with E-state index in [1.54, 1.807) is 18.2 Å². The van der Waals surface area contributed by atoms with E-state index in [2.05, 4.69) is 0 Å². The molecular weight excluding hydrogens is 232 g/mol. The molecule has 0 heterocycles. The second-order valence-corrected chi connectivity index (χ2v) is 4.09. The number of anilines is 1. The van der Waals surface area contributed by atoms with Gasteiger partial charge in [-0.3, -0.25) is 0 Å². The standard InChI is InChI=1S/C13H20N2O3/c1-4-17-11-7-5-6-10(14)12(11)13(16)18-9-8-15(2)3/h5-7H,4,8-9,14H2,1-3H3. The molecule has 100 valence electrons. The molecule has 1 aromatic rings. The molecule has 0 saturated heterocycles. The number of nitrogens with zero attached hydrogens (tertiary/aromatic N) is 1. The fourth-order valence-corrected chi connectivity index (χ4v) is 1.44. The van der Waals surface area contributed by atoms with Crippen LogP contribution in [0.1, 0.15) is 17.3 Å². The van der Waals surface area contributed by atoms with Crippen LogP contribution in [0.4, 0.5) is 5.69 Å². The van der Waals surface area contributed by atoms with E-state index in [0.29, 0.717) is 36.8 Å². The average molecular weight is 252 g/mol. The molecule has 0 saturated carbocycles. The Bertz CT molecular complexity index is 405. The molecule has 0 aliphatic heterocycles. The van der Waals surface area contributed by atoms with Crippen molar-refractivity contribution in [3.8, 4) is 5.75 Å². The molecule has 0 atom stereocenters. The van der Waals surface area contributed by atoms with Crippen molar-refractivity contribution >= 4 is 11.7 Å². The molecule has 0 aliphatic rings. The van der Waals surface area contributed by atoms with Gasteiger partial charge in [0.15, 0.2) is 0 Å². The highest BCUT2D eigenvalue weighted by molar-refractivity contribution is 5.98. The van der Waals surface area contributed by atoms with Gasteiger partial charge in [0.2, 0.25) is 0 Å². The van der Waals surface area contributed by atoms with Crippen molar-refractivity contribution in [1.29, 1.82) is 0 Å². The van der Waals surface area contributed by atoms with Gasteiger partial charge in [0.1, 0.15) is 17.9 Å². The molecule has 2 N–H and O–H groups in total. The number of carbonyl (C=O) groups excluding carboxylic acids is 1. The molecular formula is C13H20N2O3. The van der Waals surface area contributed by atoms with Gasteiger partial charge in [0, 0.05) is 12.2 Å². The molecule has 18 heavy (non-hydrogen) atoms. The third-order valence-electron chi connectivity index (χ3n) is 2.33. The first kappa shape index (κ1) is 14.3. The highest BCUT2D eigenvalue weighted by Gasteiger charge is 2.17. The van der Waals surface area contributed by atoms with Crippen molar-refractivity contribution in [2.45, 2.75) is 6.92 Å². The van der Waals surface area contributed by atoms with Gasteiger partial charge in [0.25, 0.3) is 0 Å². The van der Waals surface area contributed by atoms with Crippen LogP contribution >= 0.6 is 0 Å². The third kappa shape index (κ3) is 3.92. The summed E-state index contributed by atoms with van der Waals surface area (Å²) in [6, 6.07) is 5.12. The predicted molar refractivity (Wildman–Crippen MR) is 70.9 cm³/mol. The monoisotopic (exact) mass is 252 g/mol. The molecule has 0 unspecified atom stereocenters. The lowest BCUT2D eigenvalue weighted by Crippen LogP contribution is -2.21. The molecule has 1 rings (SSSR count). The van der Waals surface area contributed by atoms with Gasteiger partial charge in [-0.25, -0.2) is 4.79 Å². The molecule has 1 aromatic carbocycles. The number of benzene rings is 1.